The van der Waals surface area contributed by atoms with Crippen molar-refractivity contribution in [2.75, 3.05) is 26.3 Å². The Kier molecular flexibility index (Phi) is 7.24. The van der Waals surface area contributed by atoms with Crippen LogP contribution >= 0.6 is 0 Å². The normalized spacial score (nSPS) is 10.6. The van der Waals surface area contributed by atoms with E-state index in [1.165, 1.54) is 12.5 Å². The molecule has 1 aromatic heterocycles. The SMILES string of the molecule is CC(C)COCCNC(=O)NCCn1cnc(C(=O)O)c1. The number of aromatic nitrogens is 2. The van der Waals surface area contributed by atoms with Crippen molar-refractivity contribution in [3.63, 3.8) is 0 Å². The standard InChI is InChI=1S/C13H22N4O4/c1-10(2)8-21-6-4-15-13(20)14-3-5-17-7-11(12(18)19)16-9-17/h7,9-10H,3-6,8H2,1-2H3,(H,18,19)(H2,14,15,20). The van der Waals surface area contributed by atoms with Gasteiger partial charge in [-0.25, -0.2) is 14.6 Å². The van der Waals surface area contributed by atoms with Crippen LogP contribution in [0.15, 0.2) is 12.5 Å². The van der Waals surface area contributed by atoms with Crippen LogP contribution in [0.4, 0.5) is 4.79 Å². The number of carboxylic acid groups (broad SMARTS) is 1. The van der Waals surface area contributed by atoms with Crippen molar-refractivity contribution in [3.05, 3.63) is 18.2 Å². The molecule has 118 valence electrons. The van der Waals surface area contributed by atoms with Crippen molar-refractivity contribution in [3.8, 4) is 0 Å². The summed E-state index contributed by atoms with van der Waals surface area (Å²) in [6.45, 7) is 6.57. The van der Waals surface area contributed by atoms with Crippen LogP contribution in [-0.4, -0.2) is 53.0 Å². The fourth-order valence-electron chi connectivity index (χ4n) is 1.51. The first kappa shape index (κ1) is 17.0. The van der Waals surface area contributed by atoms with Gasteiger partial charge in [0.25, 0.3) is 0 Å². The number of carbonyl (C=O) groups excluding carboxylic acids is 1. The first-order valence-corrected chi connectivity index (χ1v) is 6.83. The molecule has 1 heterocycles. The summed E-state index contributed by atoms with van der Waals surface area (Å²) in [5, 5.41) is 14.1. The molecule has 0 aliphatic carbocycles. The van der Waals surface area contributed by atoms with E-state index in [0.717, 1.165) is 0 Å². The summed E-state index contributed by atoms with van der Waals surface area (Å²) in [6.07, 6.45) is 2.84. The highest BCUT2D eigenvalue weighted by molar-refractivity contribution is 5.84. The lowest BCUT2D eigenvalue weighted by atomic mass is 10.2. The molecule has 0 unspecified atom stereocenters. The number of imidazole rings is 1. The van der Waals surface area contributed by atoms with Crippen molar-refractivity contribution in [2.45, 2.75) is 20.4 Å². The molecule has 2 amide bonds. The van der Waals surface area contributed by atoms with Crippen LogP contribution in [-0.2, 0) is 11.3 Å². The fraction of sp³-hybridized carbons (Fsp3) is 0.615. The molecule has 21 heavy (non-hydrogen) atoms. The zero-order valence-electron chi connectivity index (χ0n) is 12.3. The van der Waals surface area contributed by atoms with E-state index in [0.29, 0.717) is 38.8 Å². The largest absolute Gasteiger partial charge is 0.476 e. The van der Waals surface area contributed by atoms with E-state index in [-0.39, 0.29) is 11.7 Å². The van der Waals surface area contributed by atoms with Gasteiger partial charge in [-0.05, 0) is 5.92 Å². The van der Waals surface area contributed by atoms with Crippen molar-refractivity contribution in [1.29, 1.82) is 0 Å². The number of rotatable bonds is 9. The molecular formula is C13H22N4O4. The van der Waals surface area contributed by atoms with Crippen LogP contribution < -0.4 is 10.6 Å². The maximum absolute atomic E-state index is 11.4. The topological polar surface area (TPSA) is 105 Å². The summed E-state index contributed by atoms with van der Waals surface area (Å²) in [5.74, 6) is -0.592. The van der Waals surface area contributed by atoms with Gasteiger partial charge in [-0.3, -0.25) is 0 Å². The van der Waals surface area contributed by atoms with Crippen molar-refractivity contribution >= 4 is 12.0 Å². The van der Waals surface area contributed by atoms with Crippen molar-refractivity contribution in [1.82, 2.24) is 20.2 Å². The predicted molar refractivity (Wildman–Crippen MR) is 76.2 cm³/mol. The minimum atomic E-state index is -1.07. The van der Waals surface area contributed by atoms with Gasteiger partial charge in [0.15, 0.2) is 5.69 Å². The third-order valence-corrected chi connectivity index (χ3v) is 2.49. The molecule has 0 saturated heterocycles. The highest BCUT2D eigenvalue weighted by atomic mass is 16.5. The Bertz CT molecular complexity index is 459. The highest BCUT2D eigenvalue weighted by Crippen LogP contribution is 1.95. The Morgan fingerprint density at radius 2 is 2.10 bits per heavy atom. The Morgan fingerprint density at radius 1 is 1.38 bits per heavy atom. The Hall–Kier alpha value is -2.09. The second-order valence-electron chi connectivity index (χ2n) is 4.95. The number of nitrogens with one attached hydrogen (secondary N) is 2. The molecule has 1 aromatic rings. The highest BCUT2D eigenvalue weighted by Gasteiger charge is 2.06. The number of hydrogen-bond donors (Lipinski definition) is 3. The second-order valence-corrected chi connectivity index (χ2v) is 4.95. The third kappa shape index (κ3) is 7.31. The fourth-order valence-corrected chi connectivity index (χ4v) is 1.51. The van der Waals surface area contributed by atoms with Crippen LogP contribution in [0.1, 0.15) is 24.3 Å². The predicted octanol–water partition coefficient (Wildman–Crippen LogP) is 0.553. The zero-order valence-corrected chi connectivity index (χ0v) is 12.3. The molecule has 0 saturated carbocycles. The summed E-state index contributed by atoms with van der Waals surface area (Å²) in [7, 11) is 0. The molecular weight excluding hydrogens is 276 g/mol. The number of hydrogen-bond acceptors (Lipinski definition) is 4. The average molecular weight is 298 g/mol. The van der Waals surface area contributed by atoms with E-state index in [4.69, 9.17) is 9.84 Å². The van der Waals surface area contributed by atoms with E-state index in [2.05, 4.69) is 29.5 Å². The number of aromatic carboxylic acids is 1. The number of nitrogens with zero attached hydrogens (tertiary/aromatic N) is 2. The van der Waals surface area contributed by atoms with E-state index in [1.807, 2.05) is 0 Å². The Labute approximate surface area is 123 Å². The van der Waals surface area contributed by atoms with E-state index in [9.17, 15) is 9.59 Å². The van der Waals surface area contributed by atoms with Gasteiger partial charge in [-0.15, -0.1) is 0 Å². The minimum Gasteiger partial charge on any atom is -0.476 e. The Balaban J connectivity index is 2.08. The van der Waals surface area contributed by atoms with Gasteiger partial charge in [-0.2, -0.15) is 0 Å². The lowest BCUT2D eigenvalue weighted by Gasteiger charge is -2.09. The lowest BCUT2D eigenvalue weighted by molar-refractivity contribution is 0.0691. The minimum absolute atomic E-state index is 0.0123. The molecule has 0 spiro atoms. The van der Waals surface area contributed by atoms with E-state index >= 15 is 0 Å². The number of carbonyl (C=O) groups is 2. The summed E-state index contributed by atoms with van der Waals surface area (Å²) in [6, 6.07) is -0.276. The van der Waals surface area contributed by atoms with Gasteiger partial charge in [0, 0.05) is 32.4 Å². The summed E-state index contributed by atoms with van der Waals surface area (Å²) < 4.78 is 6.94. The van der Waals surface area contributed by atoms with Crippen LogP contribution in [0.5, 0.6) is 0 Å². The first-order chi connectivity index (χ1) is 9.99. The molecule has 0 radical (unpaired) electrons. The van der Waals surface area contributed by atoms with Crippen LogP contribution in [0.25, 0.3) is 0 Å². The number of ether oxygens (including phenoxy) is 1. The number of carboxylic acids is 1. The van der Waals surface area contributed by atoms with E-state index in [1.54, 1.807) is 4.57 Å². The zero-order chi connectivity index (χ0) is 15.7. The maximum Gasteiger partial charge on any atom is 0.356 e. The molecule has 0 aromatic carbocycles. The van der Waals surface area contributed by atoms with Crippen LogP contribution in [0, 0.1) is 5.92 Å². The molecule has 8 heteroatoms. The lowest BCUT2D eigenvalue weighted by Crippen LogP contribution is -2.38. The number of amides is 2. The molecule has 8 nitrogen and oxygen atoms in total. The third-order valence-electron chi connectivity index (χ3n) is 2.49. The molecule has 1 rings (SSSR count). The van der Waals surface area contributed by atoms with E-state index < -0.39 is 5.97 Å². The first-order valence-electron chi connectivity index (χ1n) is 6.83. The van der Waals surface area contributed by atoms with Gasteiger partial charge >= 0.3 is 12.0 Å². The summed E-state index contributed by atoms with van der Waals surface area (Å²) in [5.41, 5.74) is -0.0123. The van der Waals surface area contributed by atoms with Gasteiger partial charge in [0.2, 0.25) is 0 Å². The van der Waals surface area contributed by atoms with Gasteiger partial charge < -0.3 is 25.0 Å². The van der Waals surface area contributed by atoms with Crippen LogP contribution in [0.3, 0.4) is 0 Å². The molecule has 0 fully saturated rings. The Morgan fingerprint density at radius 3 is 2.71 bits per heavy atom. The average Bonchev–Trinajstić information content (AvgIpc) is 2.87. The molecule has 0 bridgehead atoms. The smallest absolute Gasteiger partial charge is 0.356 e. The summed E-state index contributed by atoms with van der Waals surface area (Å²) in [4.78, 5) is 25.8. The molecule has 0 atom stereocenters. The monoisotopic (exact) mass is 298 g/mol. The molecule has 0 aliphatic heterocycles. The van der Waals surface area contributed by atoms with Crippen LogP contribution in [0.2, 0.25) is 0 Å². The maximum atomic E-state index is 11.4. The van der Waals surface area contributed by atoms with Gasteiger partial charge in [0.1, 0.15) is 0 Å². The van der Waals surface area contributed by atoms with Crippen molar-refractivity contribution in [2.24, 2.45) is 5.92 Å². The van der Waals surface area contributed by atoms with Gasteiger partial charge in [-0.1, -0.05) is 13.8 Å². The molecule has 0 aliphatic rings. The molecule has 3 N–H and O–H groups in total. The summed E-state index contributed by atoms with van der Waals surface area (Å²) >= 11 is 0. The van der Waals surface area contributed by atoms with Gasteiger partial charge in [0.05, 0.1) is 12.9 Å². The number of urea groups is 1. The van der Waals surface area contributed by atoms with Crippen molar-refractivity contribution < 1.29 is 19.4 Å². The quantitative estimate of drug-likeness (QED) is 0.577. The second kappa shape index (κ2) is 8.96.